The lowest BCUT2D eigenvalue weighted by molar-refractivity contribution is 1.74. The van der Waals surface area contributed by atoms with Crippen molar-refractivity contribution in [3.05, 3.63) is 60.7 Å². The second kappa shape index (κ2) is 5.34. The zero-order chi connectivity index (χ0) is 11.2. The van der Waals surface area contributed by atoms with E-state index in [9.17, 15) is 0 Å². The van der Waals surface area contributed by atoms with E-state index in [-0.39, 0.29) is 0 Å². The van der Waals surface area contributed by atoms with Crippen molar-refractivity contribution in [3.63, 3.8) is 0 Å². The molecule has 0 aliphatic carbocycles. The zero-order valence-corrected chi connectivity index (χ0v) is 10.5. The number of benzene rings is 2. The summed E-state index contributed by atoms with van der Waals surface area (Å²) in [5, 5.41) is 2.78. The van der Waals surface area contributed by atoms with Crippen molar-refractivity contribution in [2.24, 2.45) is 0 Å². The quantitative estimate of drug-likeness (QED) is 0.535. The molecule has 0 radical (unpaired) electrons. The van der Waals surface area contributed by atoms with Crippen molar-refractivity contribution in [2.45, 2.75) is 6.92 Å². The van der Waals surface area contributed by atoms with Crippen molar-refractivity contribution in [1.29, 1.82) is 0 Å². The van der Waals surface area contributed by atoms with E-state index in [1.165, 1.54) is 10.4 Å². The van der Waals surface area contributed by atoms with Crippen LogP contribution in [0.25, 0.3) is 0 Å². The van der Waals surface area contributed by atoms with Crippen LogP contribution in [-0.4, -0.2) is 8.80 Å². The molecule has 0 saturated carbocycles. The Morgan fingerprint density at radius 1 is 0.750 bits per heavy atom. The van der Waals surface area contributed by atoms with Gasteiger partial charge in [0.15, 0.2) is 8.80 Å². The molecule has 16 heavy (non-hydrogen) atoms. The van der Waals surface area contributed by atoms with Gasteiger partial charge in [0.25, 0.3) is 0 Å². The maximum Gasteiger partial charge on any atom is 0.183 e. The number of hydrogen-bond donors (Lipinski definition) is 0. The summed E-state index contributed by atoms with van der Waals surface area (Å²) in [6.45, 7) is 1.92. The molecule has 0 bridgehead atoms. The first-order chi connectivity index (χ1) is 7.92. The first-order valence-corrected chi connectivity index (χ1v) is 7.17. The fourth-order valence-corrected chi connectivity index (χ4v) is 4.02. The molecule has 0 spiro atoms. The van der Waals surface area contributed by atoms with Crippen LogP contribution in [0.4, 0.5) is 0 Å². The monoisotopic (exact) mass is 222 g/mol. The molecular weight excluding hydrogens is 208 g/mol. The summed E-state index contributed by atoms with van der Waals surface area (Å²) in [7, 11) is -1.31. The molecule has 0 unspecified atom stereocenters. The van der Waals surface area contributed by atoms with Crippen molar-refractivity contribution in [1.82, 2.24) is 0 Å². The van der Waals surface area contributed by atoms with Gasteiger partial charge in [-0.1, -0.05) is 60.7 Å². The molecule has 0 amide bonds. The minimum atomic E-state index is -1.31. The number of hydrogen-bond acceptors (Lipinski definition) is 0. The van der Waals surface area contributed by atoms with Crippen LogP contribution < -0.4 is 10.4 Å². The summed E-state index contributed by atoms with van der Waals surface area (Å²) in [5.74, 6) is 3.08. The van der Waals surface area contributed by atoms with Crippen molar-refractivity contribution >= 4 is 19.2 Å². The normalized spacial score (nSPS) is 9.62. The Labute approximate surface area is 98.6 Å². The third kappa shape index (κ3) is 2.42. The highest BCUT2D eigenvalue weighted by atomic mass is 28.3. The maximum atomic E-state index is 3.40. The standard InChI is InChI=1S/C15H14Si/c1-2-13-16(14-9-5-3-6-10-14)15-11-7-4-8-12-15/h3-12,16H,1H3. The summed E-state index contributed by atoms with van der Waals surface area (Å²) < 4.78 is 0. The second-order valence-corrected chi connectivity index (χ2v) is 6.14. The van der Waals surface area contributed by atoms with Crippen LogP contribution >= 0.6 is 0 Å². The lowest BCUT2D eigenvalue weighted by Crippen LogP contribution is -2.41. The molecule has 0 nitrogen and oxygen atoms in total. The molecule has 2 aromatic carbocycles. The van der Waals surface area contributed by atoms with Crippen LogP contribution in [-0.2, 0) is 0 Å². The van der Waals surface area contributed by atoms with Gasteiger partial charge in [-0.3, -0.25) is 0 Å². The fourth-order valence-electron chi connectivity index (χ4n) is 1.79. The van der Waals surface area contributed by atoms with E-state index in [1.807, 2.05) is 6.92 Å². The highest BCUT2D eigenvalue weighted by molar-refractivity contribution is 6.91. The lowest BCUT2D eigenvalue weighted by atomic mass is 10.4. The van der Waals surface area contributed by atoms with E-state index >= 15 is 0 Å². The minimum absolute atomic E-state index is 1.31. The molecule has 0 atom stereocenters. The van der Waals surface area contributed by atoms with E-state index in [0.29, 0.717) is 0 Å². The molecule has 0 aliphatic rings. The van der Waals surface area contributed by atoms with Crippen molar-refractivity contribution < 1.29 is 0 Å². The zero-order valence-electron chi connectivity index (χ0n) is 9.35. The molecule has 2 rings (SSSR count). The van der Waals surface area contributed by atoms with Gasteiger partial charge in [-0.2, -0.15) is 0 Å². The van der Waals surface area contributed by atoms with E-state index in [0.717, 1.165) is 0 Å². The van der Waals surface area contributed by atoms with E-state index in [4.69, 9.17) is 0 Å². The van der Waals surface area contributed by atoms with Gasteiger partial charge >= 0.3 is 0 Å². The molecule has 2 aromatic rings. The van der Waals surface area contributed by atoms with Crippen LogP contribution in [0.1, 0.15) is 6.92 Å². The molecular formula is C15H14Si. The maximum absolute atomic E-state index is 3.40. The van der Waals surface area contributed by atoms with Crippen LogP contribution in [0.3, 0.4) is 0 Å². The van der Waals surface area contributed by atoms with E-state index < -0.39 is 8.80 Å². The summed E-state index contributed by atoms with van der Waals surface area (Å²) in [6, 6.07) is 21.2. The van der Waals surface area contributed by atoms with Crippen LogP contribution in [0.15, 0.2) is 60.7 Å². The molecule has 0 fully saturated rings. The van der Waals surface area contributed by atoms with Crippen LogP contribution in [0.2, 0.25) is 0 Å². The lowest BCUT2D eigenvalue weighted by Gasteiger charge is -2.09. The minimum Gasteiger partial charge on any atom is -0.124 e. The van der Waals surface area contributed by atoms with Crippen LogP contribution in [0.5, 0.6) is 0 Å². The molecule has 0 saturated heterocycles. The second-order valence-electron chi connectivity index (χ2n) is 3.65. The van der Waals surface area contributed by atoms with Crippen molar-refractivity contribution in [3.8, 4) is 11.5 Å². The summed E-state index contributed by atoms with van der Waals surface area (Å²) in [6.07, 6.45) is 0. The molecule has 0 N–H and O–H groups in total. The van der Waals surface area contributed by atoms with Crippen LogP contribution in [0, 0.1) is 11.5 Å². The van der Waals surface area contributed by atoms with Gasteiger partial charge in [0.05, 0.1) is 0 Å². The smallest absolute Gasteiger partial charge is 0.124 e. The summed E-state index contributed by atoms with van der Waals surface area (Å²) in [4.78, 5) is 0. The fraction of sp³-hybridized carbons (Fsp3) is 0.0667. The largest absolute Gasteiger partial charge is 0.183 e. The first kappa shape index (κ1) is 10.7. The molecule has 0 aliphatic heterocycles. The average molecular weight is 222 g/mol. The van der Waals surface area contributed by atoms with Gasteiger partial charge in [0, 0.05) is 0 Å². The Balaban J connectivity index is 2.42. The predicted molar refractivity (Wildman–Crippen MR) is 72.8 cm³/mol. The third-order valence-electron chi connectivity index (χ3n) is 2.55. The topological polar surface area (TPSA) is 0 Å². The Kier molecular flexibility index (Phi) is 3.58. The van der Waals surface area contributed by atoms with Gasteiger partial charge in [-0.15, -0.1) is 11.5 Å². The Bertz CT molecular complexity index is 452. The summed E-state index contributed by atoms with van der Waals surface area (Å²) in [5.41, 5.74) is 3.40. The Morgan fingerprint density at radius 3 is 1.56 bits per heavy atom. The predicted octanol–water partition coefficient (Wildman–Crippen LogP) is 1.59. The first-order valence-electron chi connectivity index (χ1n) is 5.44. The van der Waals surface area contributed by atoms with Gasteiger partial charge in [-0.05, 0) is 17.3 Å². The SMILES string of the molecule is CC#C[SiH](c1ccccc1)c1ccccc1. The molecule has 0 heterocycles. The Morgan fingerprint density at radius 2 is 1.19 bits per heavy atom. The molecule has 1 heteroatoms. The average Bonchev–Trinajstić information content (AvgIpc) is 2.38. The van der Waals surface area contributed by atoms with Gasteiger partial charge in [-0.25, -0.2) is 0 Å². The van der Waals surface area contributed by atoms with Gasteiger partial charge in [0.1, 0.15) is 0 Å². The van der Waals surface area contributed by atoms with Crippen molar-refractivity contribution in [2.75, 3.05) is 0 Å². The van der Waals surface area contributed by atoms with Gasteiger partial charge in [0.2, 0.25) is 0 Å². The van der Waals surface area contributed by atoms with E-state index in [2.05, 4.69) is 72.1 Å². The number of rotatable bonds is 2. The third-order valence-corrected chi connectivity index (χ3v) is 5.23. The highest BCUT2D eigenvalue weighted by Gasteiger charge is 2.12. The van der Waals surface area contributed by atoms with E-state index in [1.54, 1.807) is 0 Å². The van der Waals surface area contributed by atoms with Gasteiger partial charge < -0.3 is 0 Å². The Hall–Kier alpha value is -1.78. The summed E-state index contributed by atoms with van der Waals surface area (Å²) >= 11 is 0. The molecule has 0 aromatic heterocycles. The highest BCUT2D eigenvalue weighted by Crippen LogP contribution is 1.91. The molecule has 78 valence electrons.